The van der Waals surface area contributed by atoms with E-state index < -0.39 is 6.04 Å². The van der Waals surface area contributed by atoms with Gasteiger partial charge in [-0.15, -0.1) is 11.8 Å². The van der Waals surface area contributed by atoms with Crippen LogP contribution in [0.15, 0.2) is 53.4 Å². The van der Waals surface area contributed by atoms with Crippen molar-refractivity contribution >= 4 is 35.0 Å². The van der Waals surface area contributed by atoms with E-state index in [2.05, 4.69) is 5.32 Å². The van der Waals surface area contributed by atoms with Gasteiger partial charge in [0.1, 0.15) is 11.8 Å². The van der Waals surface area contributed by atoms with Crippen LogP contribution in [0.5, 0.6) is 5.75 Å². The van der Waals surface area contributed by atoms with Gasteiger partial charge in [-0.3, -0.25) is 9.59 Å². The van der Waals surface area contributed by atoms with E-state index in [-0.39, 0.29) is 18.2 Å². The molecule has 0 aromatic heterocycles. The minimum atomic E-state index is -0.543. The summed E-state index contributed by atoms with van der Waals surface area (Å²) in [4.78, 5) is 27.5. The maximum Gasteiger partial charge on any atom is 0.256 e. The molecule has 0 radical (unpaired) electrons. The molecule has 3 rings (SSSR count). The van der Waals surface area contributed by atoms with Crippen LogP contribution in [0.4, 0.5) is 11.4 Å². The van der Waals surface area contributed by atoms with Crippen LogP contribution in [0, 0.1) is 0 Å². The highest BCUT2D eigenvalue weighted by atomic mass is 32.2. The van der Waals surface area contributed by atoms with E-state index >= 15 is 0 Å². The van der Waals surface area contributed by atoms with E-state index in [4.69, 9.17) is 4.74 Å². The first-order chi connectivity index (χ1) is 12.6. The molecule has 2 amide bonds. The quantitative estimate of drug-likeness (QED) is 0.591. The Morgan fingerprint density at radius 3 is 2.42 bits per heavy atom. The van der Waals surface area contributed by atoms with E-state index in [0.717, 1.165) is 22.8 Å². The molecule has 0 bridgehead atoms. The lowest BCUT2D eigenvalue weighted by Crippen LogP contribution is -2.34. The molecule has 1 fully saturated rings. The number of amides is 2. The fourth-order valence-corrected chi connectivity index (χ4v) is 3.22. The maximum atomic E-state index is 12.7. The van der Waals surface area contributed by atoms with Crippen molar-refractivity contribution in [3.05, 3.63) is 48.5 Å². The average Bonchev–Trinajstić information content (AvgIpc) is 2.94. The number of ether oxygens (including phenoxy) is 1. The average molecular weight is 370 g/mol. The number of carbonyl (C=O) groups excluding carboxylic acids is 2. The number of hydrogen-bond acceptors (Lipinski definition) is 5. The fourth-order valence-electron chi connectivity index (χ4n) is 2.82. The summed E-state index contributed by atoms with van der Waals surface area (Å²) in [7, 11) is 0. The van der Waals surface area contributed by atoms with Crippen LogP contribution >= 0.6 is 11.8 Å². The van der Waals surface area contributed by atoms with Gasteiger partial charge in [-0.25, -0.2) is 4.90 Å². The van der Waals surface area contributed by atoms with Gasteiger partial charge in [0, 0.05) is 10.6 Å². The van der Waals surface area contributed by atoms with Gasteiger partial charge in [0.05, 0.1) is 18.7 Å². The van der Waals surface area contributed by atoms with Crippen molar-refractivity contribution in [3.63, 3.8) is 0 Å². The molecule has 1 unspecified atom stereocenters. The maximum absolute atomic E-state index is 12.7. The zero-order valence-electron chi connectivity index (χ0n) is 14.9. The smallest absolute Gasteiger partial charge is 0.256 e. The lowest BCUT2D eigenvalue weighted by Gasteiger charge is -2.16. The molecular weight excluding hydrogens is 348 g/mol. The number of nitrogens with one attached hydrogen (secondary N) is 1. The third-order valence-electron chi connectivity index (χ3n) is 4.15. The van der Waals surface area contributed by atoms with Crippen molar-refractivity contribution < 1.29 is 14.3 Å². The number of hydrogen-bond donors (Lipinski definition) is 1. The zero-order valence-corrected chi connectivity index (χ0v) is 15.7. The molecule has 26 heavy (non-hydrogen) atoms. The van der Waals surface area contributed by atoms with Crippen LogP contribution in [0.3, 0.4) is 0 Å². The van der Waals surface area contributed by atoms with Crippen molar-refractivity contribution in [2.75, 3.05) is 23.1 Å². The molecule has 1 aliphatic heterocycles. The third kappa shape index (κ3) is 4.02. The van der Waals surface area contributed by atoms with E-state index in [1.165, 1.54) is 4.90 Å². The monoisotopic (exact) mass is 370 g/mol. The van der Waals surface area contributed by atoms with Crippen LogP contribution in [0.25, 0.3) is 0 Å². The molecule has 136 valence electrons. The highest BCUT2D eigenvalue weighted by Crippen LogP contribution is 2.27. The second kappa shape index (κ2) is 8.27. The SMILES string of the molecule is CCCOc1ccc(N2C(=O)CC(Nc3ccc(SC)cc3)C2=O)cc1. The van der Waals surface area contributed by atoms with Crippen molar-refractivity contribution in [2.45, 2.75) is 30.7 Å². The first-order valence-electron chi connectivity index (χ1n) is 8.62. The van der Waals surface area contributed by atoms with Crippen LogP contribution in [0.2, 0.25) is 0 Å². The summed E-state index contributed by atoms with van der Waals surface area (Å²) in [6.45, 7) is 2.68. The molecule has 5 nitrogen and oxygen atoms in total. The topological polar surface area (TPSA) is 58.6 Å². The van der Waals surface area contributed by atoms with Gasteiger partial charge in [0.25, 0.3) is 5.91 Å². The summed E-state index contributed by atoms with van der Waals surface area (Å²) in [5.41, 5.74) is 1.41. The second-order valence-electron chi connectivity index (χ2n) is 6.04. The van der Waals surface area contributed by atoms with Crippen molar-refractivity contribution in [3.8, 4) is 5.75 Å². The van der Waals surface area contributed by atoms with Gasteiger partial charge in [-0.2, -0.15) is 0 Å². The molecule has 2 aromatic rings. The number of imide groups is 1. The molecule has 1 atom stereocenters. The van der Waals surface area contributed by atoms with Crippen LogP contribution in [-0.2, 0) is 9.59 Å². The Morgan fingerprint density at radius 2 is 1.81 bits per heavy atom. The Labute approximate surface area is 157 Å². The van der Waals surface area contributed by atoms with E-state index in [1.54, 1.807) is 36.0 Å². The molecule has 0 spiro atoms. The summed E-state index contributed by atoms with van der Waals surface area (Å²) in [6.07, 6.45) is 3.09. The summed E-state index contributed by atoms with van der Waals surface area (Å²) in [5.74, 6) is 0.305. The van der Waals surface area contributed by atoms with E-state index in [0.29, 0.717) is 12.3 Å². The largest absolute Gasteiger partial charge is 0.494 e. The third-order valence-corrected chi connectivity index (χ3v) is 4.89. The van der Waals surface area contributed by atoms with Crippen LogP contribution < -0.4 is 15.0 Å². The number of nitrogens with zero attached hydrogens (tertiary/aromatic N) is 1. The molecule has 0 aliphatic carbocycles. The minimum Gasteiger partial charge on any atom is -0.494 e. The second-order valence-corrected chi connectivity index (χ2v) is 6.92. The highest BCUT2D eigenvalue weighted by Gasteiger charge is 2.39. The van der Waals surface area contributed by atoms with E-state index in [1.807, 2.05) is 37.4 Å². The van der Waals surface area contributed by atoms with Crippen LogP contribution in [-0.4, -0.2) is 30.7 Å². The van der Waals surface area contributed by atoms with Gasteiger partial charge < -0.3 is 10.1 Å². The number of thioether (sulfide) groups is 1. The molecule has 1 N–H and O–H groups in total. The number of anilines is 2. The number of carbonyl (C=O) groups is 2. The summed E-state index contributed by atoms with van der Waals surface area (Å²) < 4.78 is 5.54. The lowest BCUT2D eigenvalue weighted by molar-refractivity contribution is -0.121. The summed E-state index contributed by atoms with van der Waals surface area (Å²) >= 11 is 1.66. The normalized spacial score (nSPS) is 16.8. The number of benzene rings is 2. The first kappa shape index (κ1) is 18.3. The Balaban J connectivity index is 1.69. The molecule has 1 saturated heterocycles. The Morgan fingerprint density at radius 1 is 1.12 bits per heavy atom. The van der Waals surface area contributed by atoms with Gasteiger partial charge in [-0.05, 0) is 61.2 Å². The molecule has 2 aromatic carbocycles. The standard InChI is InChI=1S/C20H22N2O3S/c1-3-12-25-16-8-6-15(7-9-16)22-19(23)13-18(20(22)24)21-14-4-10-17(26-2)11-5-14/h4-11,18,21H,3,12-13H2,1-2H3. The predicted molar refractivity (Wildman–Crippen MR) is 105 cm³/mol. The van der Waals surface area contributed by atoms with Gasteiger partial charge in [0.15, 0.2) is 0 Å². The summed E-state index contributed by atoms with van der Waals surface area (Å²) in [5, 5.41) is 3.17. The van der Waals surface area contributed by atoms with Gasteiger partial charge >= 0.3 is 0 Å². The molecule has 6 heteroatoms. The van der Waals surface area contributed by atoms with Gasteiger partial charge in [0.2, 0.25) is 5.91 Å². The number of rotatable bonds is 7. The van der Waals surface area contributed by atoms with Crippen molar-refractivity contribution in [1.29, 1.82) is 0 Å². The fraction of sp³-hybridized carbons (Fsp3) is 0.300. The van der Waals surface area contributed by atoms with E-state index in [9.17, 15) is 9.59 Å². The zero-order chi connectivity index (χ0) is 18.5. The summed E-state index contributed by atoms with van der Waals surface area (Å²) in [6, 6.07) is 14.3. The molecule has 1 aliphatic rings. The van der Waals surface area contributed by atoms with Gasteiger partial charge in [-0.1, -0.05) is 6.92 Å². The van der Waals surface area contributed by atoms with Crippen LogP contribution in [0.1, 0.15) is 19.8 Å². The predicted octanol–water partition coefficient (Wildman–Crippen LogP) is 3.94. The lowest BCUT2D eigenvalue weighted by atomic mass is 10.2. The Bertz CT molecular complexity index is 775. The Kier molecular flexibility index (Phi) is 5.83. The van der Waals surface area contributed by atoms with Crippen molar-refractivity contribution in [2.24, 2.45) is 0 Å². The molecule has 1 heterocycles. The molecular formula is C20H22N2O3S. The van der Waals surface area contributed by atoms with Crippen molar-refractivity contribution in [1.82, 2.24) is 0 Å². The Hall–Kier alpha value is -2.47. The first-order valence-corrected chi connectivity index (χ1v) is 9.85. The highest BCUT2D eigenvalue weighted by molar-refractivity contribution is 7.98. The molecule has 0 saturated carbocycles. The minimum absolute atomic E-state index is 0.150.